The first-order valence-electron chi connectivity index (χ1n) is 7.85. The van der Waals surface area contributed by atoms with Gasteiger partial charge in [-0.1, -0.05) is 11.6 Å². The number of carbonyl (C=O) groups is 1. The van der Waals surface area contributed by atoms with Crippen molar-refractivity contribution >= 4 is 23.7 Å². The molecule has 2 heterocycles. The van der Waals surface area contributed by atoms with Crippen LogP contribution >= 0.6 is 11.6 Å². The second-order valence-electron chi connectivity index (χ2n) is 5.43. The quantitative estimate of drug-likeness (QED) is 0.521. The zero-order chi connectivity index (χ0) is 19.2. The number of pyridine rings is 2. The largest absolute Gasteiger partial charge is 0.506 e. The minimum Gasteiger partial charge on any atom is -0.506 e. The van der Waals surface area contributed by atoms with Gasteiger partial charge < -0.3 is 9.84 Å². The van der Waals surface area contributed by atoms with Gasteiger partial charge in [0.2, 0.25) is 5.88 Å². The number of amides is 1. The van der Waals surface area contributed by atoms with Crippen molar-refractivity contribution in [3.05, 3.63) is 71.0 Å². The van der Waals surface area contributed by atoms with Crippen LogP contribution in [0.3, 0.4) is 0 Å². The van der Waals surface area contributed by atoms with Gasteiger partial charge in [-0.25, -0.2) is 10.4 Å². The standard InChI is InChI=1S/C19H15ClN4O3/c1-27-18-7-4-14(11-22-18)16-5-2-12(9-21-16)10-23-24-19(26)13-3-6-17(25)15(20)8-13/h2-11,25H,1H3,(H,24,26)/b23-10+. The summed E-state index contributed by atoms with van der Waals surface area (Å²) < 4.78 is 5.03. The van der Waals surface area contributed by atoms with Gasteiger partial charge in [0.05, 0.1) is 24.0 Å². The molecule has 0 aliphatic heterocycles. The lowest BCUT2D eigenvalue weighted by molar-refractivity contribution is 0.0955. The fourth-order valence-corrected chi connectivity index (χ4v) is 2.36. The summed E-state index contributed by atoms with van der Waals surface area (Å²) in [5, 5.41) is 13.4. The third kappa shape index (κ3) is 4.59. The van der Waals surface area contributed by atoms with Crippen LogP contribution in [-0.4, -0.2) is 34.3 Å². The number of phenols is 1. The number of halogens is 1. The summed E-state index contributed by atoms with van der Waals surface area (Å²) in [4.78, 5) is 20.5. The van der Waals surface area contributed by atoms with Gasteiger partial charge in [0.25, 0.3) is 5.91 Å². The van der Waals surface area contributed by atoms with E-state index in [1.807, 2.05) is 18.2 Å². The van der Waals surface area contributed by atoms with Gasteiger partial charge in [-0.3, -0.25) is 9.78 Å². The molecule has 0 fully saturated rings. The lowest BCUT2D eigenvalue weighted by Crippen LogP contribution is -2.17. The van der Waals surface area contributed by atoms with E-state index in [0.29, 0.717) is 11.4 Å². The van der Waals surface area contributed by atoms with Crippen LogP contribution in [0.5, 0.6) is 11.6 Å². The molecule has 0 spiro atoms. The summed E-state index contributed by atoms with van der Waals surface area (Å²) in [5.74, 6) is 0.00476. The Labute approximate surface area is 160 Å². The van der Waals surface area contributed by atoms with Crippen LogP contribution in [0, 0.1) is 0 Å². The highest BCUT2D eigenvalue weighted by molar-refractivity contribution is 6.32. The van der Waals surface area contributed by atoms with E-state index in [0.717, 1.165) is 11.3 Å². The molecule has 0 saturated carbocycles. The predicted molar refractivity (Wildman–Crippen MR) is 102 cm³/mol. The summed E-state index contributed by atoms with van der Waals surface area (Å²) in [6.07, 6.45) is 4.79. The Balaban J connectivity index is 1.63. The van der Waals surface area contributed by atoms with E-state index in [1.54, 1.807) is 25.6 Å². The lowest BCUT2D eigenvalue weighted by atomic mass is 10.2. The first-order chi connectivity index (χ1) is 13.1. The number of carbonyl (C=O) groups excluding carboxylic acids is 1. The third-order valence-corrected chi connectivity index (χ3v) is 3.92. The zero-order valence-corrected chi connectivity index (χ0v) is 15.0. The van der Waals surface area contributed by atoms with Gasteiger partial charge in [-0.2, -0.15) is 5.10 Å². The molecule has 3 rings (SSSR count). The summed E-state index contributed by atoms with van der Waals surface area (Å²) >= 11 is 5.78. The molecule has 0 saturated heterocycles. The number of aromatic hydroxyl groups is 1. The first kappa shape index (κ1) is 18.3. The second-order valence-corrected chi connectivity index (χ2v) is 5.84. The van der Waals surface area contributed by atoms with Gasteiger partial charge in [-0.05, 0) is 36.4 Å². The molecule has 0 atom stereocenters. The summed E-state index contributed by atoms with van der Waals surface area (Å²) in [6, 6.07) is 11.4. The summed E-state index contributed by atoms with van der Waals surface area (Å²) in [7, 11) is 1.56. The number of aromatic nitrogens is 2. The summed E-state index contributed by atoms with van der Waals surface area (Å²) in [5.41, 5.74) is 5.00. The molecule has 3 aromatic rings. The van der Waals surface area contributed by atoms with Gasteiger partial charge in [0, 0.05) is 35.2 Å². The van der Waals surface area contributed by atoms with E-state index in [9.17, 15) is 9.90 Å². The molecule has 2 N–H and O–H groups in total. The Bertz CT molecular complexity index is 973. The minimum absolute atomic E-state index is 0.0880. The molecular weight excluding hydrogens is 368 g/mol. The van der Waals surface area contributed by atoms with Crippen molar-refractivity contribution < 1.29 is 14.6 Å². The maximum absolute atomic E-state index is 12.0. The van der Waals surface area contributed by atoms with Crippen molar-refractivity contribution in [2.45, 2.75) is 0 Å². The molecule has 136 valence electrons. The van der Waals surface area contributed by atoms with Crippen LogP contribution in [0.15, 0.2) is 60.0 Å². The SMILES string of the molecule is COc1ccc(-c2ccc(/C=N/NC(=O)c3ccc(O)c(Cl)c3)cn2)cn1. The number of nitrogens with one attached hydrogen (secondary N) is 1. The highest BCUT2D eigenvalue weighted by Crippen LogP contribution is 2.23. The Morgan fingerprint density at radius 3 is 2.67 bits per heavy atom. The van der Waals surface area contributed by atoms with Crippen LogP contribution in [0.2, 0.25) is 5.02 Å². The highest BCUT2D eigenvalue weighted by atomic mass is 35.5. The second kappa shape index (κ2) is 8.29. The van der Waals surface area contributed by atoms with Gasteiger partial charge in [-0.15, -0.1) is 0 Å². The Morgan fingerprint density at radius 2 is 2.04 bits per heavy atom. The zero-order valence-electron chi connectivity index (χ0n) is 14.3. The van der Waals surface area contributed by atoms with E-state index < -0.39 is 5.91 Å². The molecule has 0 aliphatic carbocycles. The number of methoxy groups -OCH3 is 1. The smallest absolute Gasteiger partial charge is 0.271 e. The molecule has 0 bridgehead atoms. The minimum atomic E-state index is -0.443. The van der Waals surface area contributed by atoms with E-state index in [-0.39, 0.29) is 16.3 Å². The van der Waals surface area contributed by atoms with Crippen molar-refractivity contribution in [1.82, 2.24) is 15.4 Å². The average molecular weight is 383 g/mol. The summed E-state index contributed by atoms with van der Waals surface area (Å²) in [6.45, 7) is 0. The van der Waals surface area contributed by atoms with Crippen molar-refractivity contribution in [1.29, 1.82) is 0 Å². The van der Waals surface area contributed by atoms with Crippen LogP contribution in [0.25, 0.3) is 11.3 Å². The van der Waals surface area contributed by atoms with Crippen molar-refractivity contribution in [2.75, 3.05) is 7.11 Å². The fourth-order valence-electron chi connectivity index (χ4n) is 2.18. The molecule has 1 amide bonds. The van der Waals surface area contributed by atoms with E-state index >= 15 is 0 Å². The molecule has 0 unspecified atom stereocenters. The van der Waals surface area contributed by atoms with Crippen LogP contribution in [-0.2, 0) is 0 Å². The molecule has 1 aromatic carbocycles. The molecule has 0 radical (unpaired) electrons. The third-order valence-electron chi connectivity index (χ3n) is 3.62. The normalized spacial score (nSPS) is 10.7. The van der Waals surface area contributed by atoms with Crippen LogP contribution < -0.4 is 10.2 Å². The van der Waals surface area contributed by atoms with Crippen molar-refractivity contribution in [3.8, 4) is 22.9 Å². The maximum Gasteiger partial charge on any atom is 0.271 e. The van der Waals surface area contributed by atoms with E-state index in [2.05, 4.69) is 20.5 Å². The van der Waals surface area contributed by atoms with E-state index in [4.69, 9.17) is 16.3 Å². The Morgan fingerprint density at radius 1 is 1.19 bits per heavy atom. The van der Waals surface area contributed by atoms with Crippen LogP contribution in [0.4, 0.5) is 0 Å². The number of hydrazone groups is 1. The maximum atomic E-state index is 12.0. The number of hydrogen-bond acceptors (Lipinski definition) is 6. The molecule has 2 aromatic heterocycles. The van der Waals surface area contributed by atoms with Crippen molar-refractivity contribution in [3.63, 3.8) is 0 Å². The Kier molecular flexibility index (Phi) is 5.63. The number of ether oxygens (including phenoxy) is 1. The number of benzene rings is 1. The van der Waals surface area contributed by atoms with Gasteiger partial charge >= 0.3 is 0 Å². The van der Waals surface area contributed by atoms with Crippen LogP contribution in [0.1, 0.15) is 15.9 Å². The first-order valence-corrected chi connectivity index (χ1v) is 8.23. The average Bonchev–Trinajstić information content (AvgIpc) is 2.70. The Hall–Kier alpha value is -3.45. The number of phenolic OH excluding ortho intramolecular Hbond substituents is 1. The highest BCUT2D eigenvalue weighted by Gasteiger charge is 2.07. The number of rotatable bonds is 5. The monoisotopic (exact) mass is 382 g/mol. The molecule has 0 aliphatic rings. The fraction of sp³-hybridized carbons (Fsp3) is 0.0526. The number of hydrogen-bond donors (Lipinski definition) is 2. The van der Waals surface area contributed by atoms with E-state index in [1.165, 1.54) is 24.4 Å². The molecular formula is C19H15ClN4O3. The van der Waals surface area contributed by atoms with Crippen molar-refractivity contribution in [2.24, 2.45) is 5.10 Å². The molecule has 27 heavy (non-hydrogen) atoms. The predicted octanol–water partition coefficient (Wildman–Crippen LogP) is 3.28. The topological polar surface area (TPSA) is 96.7 Å². The lowest BCUT2D eigenvalue weighted by Gasteiger charge is -2.03. The molecule has 7 nitrogen and oxygen atoms in total. The number of nitrogens with zero attached hydrogens (tertiary/aromatic N) is 3. The van der Waals surface area contributed by atoms with Gasteiger partial charge in [0.15, 0.2) is 0 Å². The molecule has 8 heteroatoms. The van der Waals surface area contributed by atoms with Gasteiger partial charge in [0.1, 0.15) is 5.75 Å².